The summed E-state index contributed by atoms with van der Waals surface area (Å²) in [5.41, 5.74) is 1.08. The van der Waals surface area contributed by atoms with Gasteiger partial charge >= 0.3 is 0 Å². The lowest BCUT2D eigenvalue weighted by molar-refractivity contribution is 0.0995. The Hall–Kier alpha value is -2.21. The Balaban J connectivity index is 1.98. The van der Waals surface area contributed by atoms with Crippen molar-refractivity contribution in [1.82, 2.24) is 4.98 Å². The topological polar surface area (TPSA) is 55.1 Å². The van der Waals surface area contributed by atoms with Crippen LogP contribution in [0.5, 0.6) is 0 Å². The van der Waals surface area contributed by atoms with Crippen molar-refractivity contribution in [3.8, 4) is 0 Å². The standard InChI is InChI=1S/C14H8BrFN2O2/c15-13-4-3-12(20-13)14(19)18-11-5-6-17-10-2-1-8(16)7-9(10)11/h1-7H,(H,17,18,19). The number of aromatic nitrogens is 1. The third-order valence-corrected chi connectivity index (χ3v) is 3.17. The van der Waals surface area contributed by atoms with Crippen molar-refractivity contribution in [3.05, 3.63) is 58.8 Å². The highest BCUT2D eigenvalue weighted by Gasteiger charge is 2.12. The van der Waals surface area contributed by atoms with E-state index in [1.165, 1.54) is 12.1 Å². The maximum atomic E-state index is 13.3. The van der Waals surface area contributed by atoms with Crippen molar-refractivity contribution in [2.24, 2.45) is 0 Å². The lowest BCUT2D eigenvalue weighted by Crippen LogP contribution is -2.11. The van der Waals surface area contributed by atoms with Crippen LogP contribution in [0.3, 0.4) is 0 Å². The molecule has 0 spiro atoms. The number of carbonyl (C=O) groups excluding carboxylic acids is 1. The third kappa shape index (κ3) is 2.42. The smallest absolute Gasteiger partial charge is 0.291 e. The Morgan fingerprint density at radius 2 is 2.10 bits per heavy atom. The van der Waals surface area contributed by atoms with Crippen molar-refractivity contribution in [2.45, 2.75) is 0 Å². The summed E-state index contributed by atoms with van der Waals surface area (Å²) in [6.45, 7) is 0. The number of anilines is 1. The number of pyridine rings is 1. The average Bonchev–Trinajstić information content (AvgIpc) is 2.86. The number of nitrogens with zero attached hydrogens (tertiary/aromatic N) is 1. The first-order valence-corrected chi connectivity index (χ1v) is 6.54. The quantitative estimate of drug-likeness (QED) is 0.771. The molecule has 0 saturated carbocycles. The molecule has 0 atom stereocenters. The van der Waals surface area contributed by atoms with Crippen LogP contribution in [0.4, 0.5) is 10.1 Å². The zero-order chi connectivity index (χ0) is 14.1. The number of halogens is 2. The molecule has 0 fully saturated rings. The third-order valence-electron chi connectivity index (χ3n) is 2.75. The monoisotopic (exact) mass is 334 g/mol. The summed E-state index contributed by atoms with van der Waals surface area (Å²) < 4.78 is 18.9. The summed E-state index contributed by atoms with van der Waals surface area (Å²) in [5, 5.41) is 3.22. The van der Waals surface area contributed by atoms with E-state index in [0.29, 0.717) is 21.3 Å². The van der Waals surface area contributed by atoms with Crippen LogP contribution in [0, 0.1) is 5.82 Å². The summed E-state index contributed by atoms with van der Waals surface area (Å²) in [6.07, 6.45) is 1.55. The van der Waals surface area contributed by atoms with E-state index in [0.717, 1.165) is 0 Å². The van der Waals surface area contributed by atoms with Crippen LogP contribution >= 0.6 is 15.9 Å². The maximum absolute atomic E-state index is 13.3. The zero-order valence-electron chi connectivity index (χ0n) is 10.1. The van der Waals surface area contributed by atoms with E-state index in [9.17, 15) is 9.18 Å². The van der Waals surface area contributed by atoms with Gasteiger partial charge in [-0.25, -0.2) is 4.39 Å². The summed E-state index contributed by atoms with van der Waals surface area (Å²) in [5.74, 6) is -0.632. The van der Waals surface area contributed by atoms with Gasteiger partial charge in [0.25, 0.3) is 5.91 Å². The van der Waals surface area contributed by atoms with Gasteiger partial charge in [-0.05, 0) is 52.3 Å². The molecule has 0 aliphatic heterocycles. The Kier molecular flexibility index (Phi) is 3.23. The molecule has 0 aliphatic rings. The summed E-state index contributed by atoms with van der Waals surface area (Å²) in [4.78, 5) is 16.1. The first-order valence-electron chi connectivity index (χ1n) is 5.74. The molecule has 0 aliphatic carbocycles. The van der Waals surface area contributed by atoms with Crippen molar-refractivity contribution < 1.29 is 13.6 Å². The second-order valence-corrected chi connectivity index (χ2v) is 4.86. The van der Waals surface area contributed by atoms with Crippen LogP contribution in [0.25, 0.3) is 10.9 Å². The van der Waals surface area contributed by atoms with E-state index in [1.807, 2.05) is 0 Å². The van der Waals surface area contributed by atoms with E-state index < -0.39 is 5.91 Å². The van der Waals surface area contributed by atoms with E-state index in [1.54, 1.807) is 30.5 Å². The molecule has 4 nitrogen and oxygen atoms in total. The Bertz CT molecular complexity index is 801. The predicted molar refractivity (Wildman–Crippen MR) is 76.1 cm³/mol. The molecule has 20 heavy (non-hydrogen) atoms. The molecule has 3 aromatic rings. The normalized spacial score (nSPS) is 10.7. The molecule has 0 unspecified atom stereocenters. The summed E-state index contributed by atoms with van der Waals surface area (Å²) in [6, 6.07) is 8.99. The van der Waals surface area contributed by atoms with Gasteiger partial charge in [0.15, 0.2) is 10.4 Å². The van der Waals surface area contributed by atoms with Gasteiger partial charge in [0.05, 0.1) is 11.2 Å². The van der Waals surface area contributed by atoms with E-state index in [4.69, 9.17) is 4.42 Å². The molecular formula is C14H8BrFN2O2. The highest BCUT2D eigenvalue weighted by atomic mass is 79.9. The highest BCUT2D eigenvalue weighted by molar-refractivity contribution is 9.10. The van der Waals surface area contributed by atoms with Gasteiger partial charge in [0.1, 0.15) is 5.82 Å². The SMILES string of the molecule is O=C(Nc1ccnc2ccc(F)cc12)c1ccc(Br)o1. The molecule has 1 amide bonds. The van der Waals surface area contributed by atoms with Gasteiger partial charge < -0.3 is 9.73 Å². The van der Waals surface area contributed by atoms with Gasteiger partial charge in [-0.15, -0.1) is 0 Å². The minimum absolute atomic E-state index is 0.165. The average molecular weight is 335 g/mol. The lowest BCUT2D eigenvalue weighted by atomic mass is 10.2. The number of furan rings is 1. The number of amides is 1. The van der Waals surface area contributed by atoms with Crippen molar-refractivity contribution >= 4 is 38.4 Å². The molecule has 100 valence electrons. The van der Waals surface area contributed by atoms with Gasteiger partial charge in [-0.2, -0.15) is 0 Å². The van der Waals surface area contributed by atoms with E-state index in [-0.39, 0.29) is 11.6 Å². The minimum atomic E-state index is -0.410. The summed E-state index contributed by atoms with van der Waals surface area (Å²) >= 11 is 3.13. The first kappa shape index (κ1) is 12.8. The number of rotatable bonds is 2. The number of carbonyl (C=O) groups is 1. The van der Waals surface area contributed by atoms with E-state index >= 15 is 0 Å². The second kappa shape index (κ2) is 5.05. The van der Waals surface area contributed by atoms with Crippen molar-refractivity contribution in [1.29, 1.82) is 0 Å². The predicted octanol–water partition coefficient (Wildman–Crippen LogP) is 3.98. The van der Waals surface area contributed by atoms with Gasteiger partial charge in [-0.3, -0.25) is 9.78 Å². The number of nitrogens with one attached hydrogen (secondary N) is 1. The highest BCUT2D eigenvalue weighted by Crippen LogP contribution is 2.23. The van der Waals surface area contributed by atoms with Crippen LogP contribution in [0.1, 0.15) is 10.6 Å². The fraction of sp³-hybridized carbons (Fsp3) is 0. The fourth-order valence-electron chi connectivity index (χ4n) is 1.85. The number of fused-ring (bicyclic) bond motifs is 1. The van der Waals surface area contributed by atoms with Crippen LogP contribution in [0.15, 0.2) is 51.7 Å². The van der Waals surface area contributed by atoms with Crippen LogP contribution in [-0.2, 0) is 0 Å². The Morgan fingerprint density at radius 1 is 1.25 bits per heavy atom. The van der Waals surface area contributed by atoms with Crippen molar-refractivity contribution in [3.63, 3.8) is 0 Å². The molecule has 1 N–H and O–H groups in total. The second-order valence-electron chi connectivity index (χ2n) is 4.08. The number of hydrogen-bond donors (Lipinski definition) is 1. The molecule has 3 rings (SSSR count). The van der Waals surface area contributed by atoms with Gasteiger partial charge in [-0.1, -0.05) is 0 Å². The maximum Gasteiger partial charge on any atom is 0.291 e. The molecule has 2 aromatic heterocycles. The fourth-order valence-corrected chi connectivity index (χ4v) is 2.15. The van der Waals surface area contributed by atoms with Crippen LogP contribution < -0.4 is 5.32 Å². The molecule has 0 saturated heterocycles. The Morgan fingerprint density at radius 3 is 2.85 bits per heavy atom. The number of benzene rings is 1. The lowest BCUT2D eigenvalue weighted by Gasteiger charge is -2.07. The first-order chi connectivity index (χ1) is 9.63. The molecule has 0 bridgehead atoms. The molecular weight excluding hydrogens is 327 g/mol. The van der Waals surface area contributed by atoms with Crippen LogP contribution in [-0.4, -0.2) is 10.9 Å². The molecule has 1 aromatic carbocycles. The molecule has 2 heterocycles. The largest absolute Gasteiger partial charge is 0.444 e. The van der Waals surface area contributed by atoms with Gasteiger partial charge in [0.2, 0.25) is 0 Å². The zero-order valence-corrected chi connectivity index (χ0v) is 11.6. The minimum Gasteiger partial charge on any atom is -0.444 e. The molecule has 0 radical (unpaired) electrons. The molecule has 6 heteroatoms. The summed E-state index contributed by atoms with van der Waals surface area (Å²) in [7, 11) is 0. The van der Waals surface area contributed by atoms with Crippen molar-refractivity contribution in [2.75, 3.05) is 5.32 Å². The Labute approximate surface area is 121 Å². The van der Waals surface area contributed by atoms with E-state index in [2.05, 4.69) is 26.2 Å². The van der Waals surface area contributed by atoms with Gasteiger partial charge in [0, 0.05) is 11.6 Å². The van der Waals surface area contributed by atoms with Crippen LogP contribution in [0.2, 0.25) is 0 Å². The number of hydrogen-bond acceptors (Lipinski definition) is 3.